The van der Waals surface area contributed by atoms with Crippen molar-refractivity contribution in [2.24, 2.45) is 5.14 Å². The van der Waals surface area contributed by atoms with E-state index in [4.69, 9.17) is 9.88 Å². The van der Waals surface area contributed by atoms with Gasteiger partial charge in [0.2, 0.25) is 15.9 Å². The largest absolute Gasteiger partial charge is 0.492 e. The van der Waals surface area contributed by atoms with Crippen molar-refractivity contribution in [3.8, 4) is 5.75 Å². The Morgan fingerprint density at radius 2 is 2.17 bits per heavy atom. The number of primary sulfonamides is 1. The van der Waals surface area contributed by atoms with Gasteiger partial charge >= 0.3 is 0 Å². The van der Waals surface area contributed by atoms with Crippen molar-refractivity contribution >= 4 is 15.9 Å². The van der Waals surface area contributed by atoms with E-state index in [-0.39, 0.29) is 30.7 Å². The average molecular weight is 270 g/mol. The lowest BCUT2D eigenvalue weighted by Crippen LogP contribution is -2.35. The molecule has 0 radical (unpaired) electrons. The average Bonchev–Trinajstić information content (AvgIpc) is 2.70. The molecule has 1 amide bonds. The molecule has 0 bridgehead atoms. The number of hydrogen-bond donors (Lipinski definition) is 2. The van der Waals surface area contributed by atoms with Gasteiger partial charge in [-0.3, -0.25) is 4.79 Å². The summed E-state index contributed by atoms with van der Waals surface area (Å²) in [5.41, 5.74) is 0.825. The summed E-state index contributed by atoms with van der Waals surface area (Å²) < 4.78 is 26.8. The van der Waals surface area contributed by atoms with Crippen molar-refractivity contribution in [2.45, 2.75) is 5.92 Å². The van der Waals surface area contributed by atoms with E-state index in [0.717, 1.165) is 5.56 Å². The van der Waals surface area contributed by atoms with Gasteiger partial charge in [0.15, 0.2) is 0 Å². The Bertz CT molecular complexity index is 556. The van der Waals surface area contributed by atoms with Crippen LogP contribution < -0.4 is 15.2 Å². The second-order valence-corrected chi connectivity index (χ2v) is 5.79. The molecule has 0 saturated carbocycles. The summed E-state index contributed by atoms with van der Waals surface area (Å²) in [6.45, 7) is 0.289. The van der Waals surface area contributed by atoms with Crippen molar-refractivity contribution in [3.63, 3.8) is 0 Å². The van der Waals surface area contributed by atoms with Crippen molar-refractivity contribution < 1.29 is 17.9 Å². The molecule has 1 heterocycles. The third-order valence-electron chi connectivity index (χ3n) is 2.70. The summed E-state index contributed by atoms with van der Waals surface area (Å²) in [7, 11) is -3.55. The molecule has 0 fully saturated rings. The van der Waals surface area contributed by atoms with Crippen LogP contribution in [0.3, 0.4) is 0 Å². The molecular formula is C11H14N2O4S. The molecule has 6 nitrogen and oxygen atoms in total. The standard InChI is InChI=1S/C11H14N2O4S/c12-18(15,16)6-5-13-11(14)9-7-17-10-4-2-1-3-8(9)10/h1-4,9H,5-7H2,(H,13,14)(H2,12,15,16). The first-order chi connectivity index (χ1) is 8.47. The summed E-state index contributed by atoms with van der Waals surface area (Å²) in [6, 6.07) is 7.29. The normalized spacial score (nSPS) is 17.9. The Morgan fingerprint density at radius 1 is 1.44 bits per heavy atom. The first kappa shape index (κ1) is 12.8. The highest BCUT2D eigenvalue weighted by molar-refractivity contribution is 7.89. The quantitative estimate of drug-likeness (QED) is 0.775. The van der Waals surface area contributed by atoms with Crippen molar-refractivity contribution in [1.29, 1.82) is 0 Å². The van der Waals surface area contributed by atoms with Gasteiger partial charge in [0.25, 0.3) is 0 Å². The Labute approximate surface area is 105 Å². The van der Waals surface area contributed by atoms with E-state index in [1.807, 2.05) is 18.2 Å². The number of ether oxygens (including phenoxy) is 1. The smallest absolute Gasteiger partial charge is 0.231 e. The predicted octanol–water partition coefficient (Wildman–Crippen LogP) is -0.433. The minimum Gasteiger partial charge on any atom is -0.492 e. The first-order valence-electron chi connectivity index (χ1n) is 5.47. The van der Waals surface area contributed by atoms with E-state index in [1.54, 1.807) is 6.07 Å². The molecule has 7 heteroatoms. The van der Waals surface area contributed by atoms with Crippen LogP contribution >= 0.6 is 0 Å². The van der Waals surface area contributed by atoms with Crippen LogP contribution in [0.15, 0.2) is 24.3 Å². The van der Waals surface area contributed by atoms with E-state index >= 15 is 0 Å². The van der Waals surface area contributed by atoms with Crippen LogP contribution in [-0.2, 0) is 14.8 Å². The molecule has 0 spiro atoms. The molecule has 18 heavy (non-hydrogen) atoms. The maximum Gasteiger partial charge on any atom is 0.231 e. The second-order valence-electron chi connectivity index (χ2n) is 4.06. The third-order valence-corrected chi connectivity index (χ3v) is 3.48. The molecule has 0 saturated heterocycles. The fraction of sp³-hybridized carbons (Fsp3) is 0.364. The van der Waals surface area contributed by atoms with Gasteiger partial charge in [-0.15, -0.1) is 0 Å². The van der Waals surface area contributed by atoms with Crippen molar-refractivity contribution in [2.75, 3.05) is 18.9 Å². The number of amides is 1. The van der Waals surface area contributed by atoms with Crippen molar-refractivity contribution in [3.05, 3.63) is 29.8 Å². The summed E-state index contributed by atoms with van der Waals surface area (Å²) in [5, 5.41) is 7.39. The maximum absolute atomic E-state index is 11.9. The highest BCUT2D eigenvalue weighted by atomic mass is 32.2. The number of benzene rings is 1. The monoisotopic (exact) mass is 270 g/mol. The molecule has 2 rings (SSSR count). The molecule has 1 aromatic rings. The molecule has 1 aliphatic heterocycles. The van der Waals surface area contributed by atoms with E-state index < -0.39 is 10.0 Å². The topological polar surface area (TPSA) is 98.5 Å². The van der Waals surface area contributed by atoms with E-state index in [1.165, 1.54) is 0 Å². The van der Waals surface area contributed by atoms with Gasteiger partial charge in [0.1, 0.15) is 18.3 Å². The Morgan fingerprint density at radius 3 is 2.89 bits per heavy atom. The summed E-state index contributed by atoms with van der Waals surface area (Å²) in [6.07, 6.45) is 0. The zero-order valence-electron chi connectivity index (χ0n) is 9.63. The first-order valence-corrected chi connectivity index (χ1v) is 7.19. The summed E-state index contributed by atoms with van der Waals surface area (Å²) in [5.74, 6) is -0.206. The van der Waals surface area contributed by atoms with Gasteiger partial charge in [-0.2, -0.15) is 0 Å². The molecule has 0 aliphatic carbocycles. The number of sulfonamides is 1. The number of rotatable bonds is 4. The van der Waals surface area contributed by atoms with Crippen LogP contribution in [0.25, 0.3) is 0 Å². The van der Waals surface area contributed by atoms with Gasteiger partial charge in [-0.25, -0.2) is 13.6 Å². The fourth-order valence-electron chi connectivity index (χ4n) is 1.82. The Kier molecular flexibility index (Phi) is 3.53. The number of carbonyl (C=O) groups excluding carboxylic acids is 1. The van der Waals surface area contributed by atoms with Gasteiger partial charge < -0.3 is 10.1 Å². The highest BCUT2D eigenvalue weighted by Gasteiger charge is 2.29. The van der Waals surface area contributed by atoms with Crippen LogP contribution in [0.5, 0.6) is 5.75 Å². The Hall–Kier alpha value is -1.60. The maximum atomic E-state index is 11.9. The molecule has 1 unspecified atom stereocenters. The molecule has 1 atom stereocenters. The molecule has 1 aromatic carbocycles. The number of carbonyl (C=O) groups is 1. The van der Waals surface area contributed by atoms with E-state index in [0.29, 0.717) is 5.75 Å². The highest BCUT2D eigenvalue weighted by Crippen LogP contribution is 2.33. The predicted molar refractivity (Wildman–Crippen MR) is 65.7 cm³/mol. The SMILES string of the molecule is NS(=O)(=O)CCNC(=O)C1COc2ccccc21. The molecular weight excluding hydrogens is 256 g/mol. The zero-order valence-corrected chi connectivity index (χ0v) is 10.4. The second kappa shape index (κ2) is 4.95. The molecule has 1 aliphatic rings. The lowest BCUT2D eigenvalue weighted by Gasteiger charge is -2.09. The Balaban J connectivity index is 1.96. The van der Waals surface area contributed by atoms with E-state index in [2.05, 4.69) is 5.32 Å². The number of nitrogens with two attached hydrogens (primary N) is 1. The zero-order chi connectivity index (χ0) is 13.2. The lowest BCUT2D eigenvalue weighted by atomic mass is 10.0. The molecule has 0 aromatic heterocycles. The van der Waals surface area contributed by atoms with Gasteiger partial charge in [0.05, 0.1) is 5.75 Å². The molecule has 3 N–H and O–H groups in total. The van der Waals surface area contributed by atoms with Crippen LogP contribution in [0.1, 0.15) is 11.5 Å². The van der Waals surface area contributed by atoms with Gasteiger partial charge in [-0.05, 0) is 6.07 Å². The summed E-state index contributed by atoms with van der Waals surface area (Å²) >= 11 is 0. The lowest BCUT2D eigenvalue weighted by molar-refractivity contribution is -0.122. The van der Waals surface area contributed by atoms with Crippen LogP contribution in [-0.4, -0.2) is 33.2 Å². The van der Waals surface area contributed by atoms with Crippen LogP contribution in [0, 0.1) is 0 Å². The minimum atomic E-state index is -3.55. The fourth-order valence-corrected chi connectivity index (χ4v) is 2.21. The van der Waals surface area contributed by atoms with Crippen LogP contribution in [0.4, 0.5) is 0 Å². The minimum absolute atomic E-state index is 0.0103. The number of hydrogen-bond acceptors (Lipinski definition) is 4. The molecule has 98 valence electrons. The summed E-state index contributed by atoms with van der Waals surface area (Å²) in [4.78, 5) is 11.9. The van der Waals surface area contributed by atoms with E-state index in [9.17, 15) is 13.2 Å². The number of fused-ring (bicyclic) bond motifs is 1. The number of para-hydroxylation sites is 1. The van der Waals surface area contributed by atoms with Gasteiger partial charge in [-0.1, -0.05) is 18.2 Å². The van der Waals surface area contributed by atoms with Gasteiger partial charge in [0, 0.05) is 12.1 Å². The third kappa shape index (κ3) is 2.99. The number of nitrogens with one attached hydrogen (secondary N) is 1. The van der Waals surface area contributed by atoms with Crippen LogP contribution in [0.2, 0.25) is 0 Å². The van der Waals surface area contributed by atoms with Crippen molar-refractivity contribution in [1.82, 2.24) is 5.32 Å².